The average Bonchev–Trinajstić information content (AvgIpc) is 3.55. The first-order valence-corrected chi connectivity index (χ1v) is 14.0. The van der Waals surface area contributed by atoms with Crippen LogP contribution in [0.15, 0.2) is 51.6 Å². The molecular formula is C30H27F3N4O5. The number of fused-ring (bicyclic) bond motifs is 3. The lowest BCUT2D eigenvalue weighted by Crippen LogP contribution is -2.50. The molecule has 3 heterocycles. The third-order valence-corrected chi connectivity index (χ3v) is 9.08. The predicted octanol–water partition coefficient (Wildman–Crippen LogP) is 6.94. The molecular weight excluding hydrogens is 553 g/mol. The van der Waals surface area contributed by atoms with Crippen LogP contribution in [0.3, 0.4) is 0 Å². The molecule has 1 N–H and O–H groups in total. The summed E-state index contributed by atoms with van der Waals surface area (Å²) in [5, 5.41) is 17.6. The molecule has 4 fully saturated rings. The molecule has 42 heavy (non-hydrogen) atoms. The van der Waals surface area contributed by atoms with Crippen molar-refractivity contribution >= 4 is 5.97 Å². The molecule has 4 aliphatic rings. The van der Waals surface area contributed by atoms with Crippen LogP contribution in [0.25, 0.3) is 22.7 Å². The molecule has 3 aromatic heterocycles. The maximum Gasteiger partial charge on any atom is 0.417 e. The van der Waals surface area contributed by atoms with Crippen LogP contribution in [0.5, 0.6) is 0 Å². The minimum absolute atomic E-state index is 0.000591. The lowest BCUT2D eigenvalue weighted by Gasteiger charge is -2.51. The number of aromatic carboxylic acids is 1. The molecule has 0 aliphatic heterocycles. The first-order valence-electron chi connectivity index (χ1n) is 14.0. The van der Waals surface area contributed by atoms with E-state index in [4.69, 9.17) is 13.8 Å². The number of halogens is 3. The highest BCUT2D eigenvalue weighted by Gasteiger charge is 2.52. The molecule has 0 radical (unpaired) electrons. The van der Waals surface area contributed by atoms with Gasteiger partial charge in [-0.1, -0.05) is 28.5 Å². The summed E-state index contributed by atoms with van der Waals surface area (Å²) in [6.45, 7) is 0.129. The highest BCUT2D eigenvalue weighted by Crippen LogP contribution is 2.55. The van der Waals surface area contributed by atoms with Crippen molar-refractivity contribution in [3.05, 3.63) is 71.0 Å². The molecule has 0 saturated heterocycles. The van der Waals surface area contributed by atoms with E-state index in [1.807, 2.05) is 0 Å². The third-order valence-electron chi connectivity index (χ3n) is 9.08. The smallest absolute Gasteiger partial charge is 0.417 e. The van der Waals surface area contributed by atoms with Crippen molar-refractivity contribution in [2.75, 3.05) is 0 Å². The highest BCUT2D eigenvalue weighted by molar-refractivity contribution is 5.86. The van der Waals surface area contributed by atoms with Gasteiger partial charge in [0, 0.05) is 34.2 Å². The van der Waals surface area contributed by atoms with Crippen LogP contribution in [-0.2, 0) is 22.9 Å². The quantitative estimate of drug-likeness (QED) is 0.236. The van der Waals surface area contributed by atoms with E-state index in [9.17, 15) is 23.1 Å². The van der Waals surface area contributed by atoms with Crippen LogP contribution in [-0.4, -0.2) is 37.0 Å². The fraction of sp³-hybridized carbons (Fsp3) is 0.433. The monoisotopic (exact) mass is 580 g/mol. The first-order chi connectivity index (χ1) is 20.2. The van der Waals surface area contributed by atoms with Gasteiger partial charge in [0.05, 0.1) is 17.8 Å². The second kappa shape index (κ2) is 9.75. The highest BCUT2D eigenvalue weighted by atomic mass is 19.4. The Labute approximate surface area is 238 Å². The molecule has 9 nitrogen and oxygen atoms in total. The van der Waals surface area contributed by atoms with Crippen molar-refractivity contribution in [2.24, 2.45) is 0 Å². The minimum atomic E-state index is -4.52. The Kier molecular flexibility index (Phi) is 6.23. The van der Waals surface area contributed by atoms with Gasteiger partial charge >= 0.3 is 12.1 Å². The topological polar surface area (TPSA) is 124 Å². The standard InChI is InChI=1S/C30H27F3N4O5/c31-30(32,33)21-4-2-1-3-19(21)23-20(24(41-36-23)17-5-6-17)16-40-29-11-8-28(9-12-29,10-13-29)27-35-25(42-37-27)18-7-14-34-22(15-18)26(38)39/h1-4,7,14-15,17H,5-6,8-13,16H2,(H,38,39). The van der Waals surface area contributed by atoms with Gasteiger partial charge in [-0.25, -0.2) is 9.78 Å². The van der Waals surface area contributed by atoms with E-state index in [0.717, 1.165) is 57.4 Å². The average molecular weight is 581 g/mol. The van der Waals surface area contributed by atoms with Gasteiger partial charge in [0.15, 0.2) is 5.82 Å². The number of alkyl halides is 3. The molecule has 0 amide bonds. The van der Waals surface area contributed by atoms with E-state index < -0.39 is 23.3 Å². The van der Waals surface area contributed by atoms with Crippen LogP contribution in [0.1, 0.15) is 90.5 Å². The molecule has 0 unspecified atom stereocenters. The number of ether oxygens (including phenoxy) is 1. The molecule has 4 aliphatic carbocycles. The van der Waals surface area contributed by atoms with E-state index >= 15 is 0 Å². The number of hydrogen-bond donors (Lipinski definition) is 1. The van der Waals surface area contributed by atoms with Gasteiger partial charge in [-0.05, 0) is 69.6 Å². The van der Waals surface area contributed by atoms with Crippen molar-refractivity contribution in [3.8, 4) is 22.7 Å². The van der Waals surface area contributed by atoms with Crippen LogP contribution in [0.2, 0.25) is 0 Å². The molecule has 218 valence electrons. The summed E-state index contributed by atoms with van der Waals surface area (Å²) >= 11 is 0. The summed E-state index contributed by atoms with van der Waals surface area (Å²) < 4.78 is 59.2. The van der Waals surface area contributed by atoms with Gasteiger partial charge in [0.25, 0.3) is 5.89 Å². The summed E-state index contributed by atoms with van der Waals surface area (Å²) in [6, 6.07) is 8.47. The largest absolute Gasteiger partial charge is 0.477 e. The van der Waals surface area contributed by atoms with Crippen molar-refractivity contribution in [3.63, 3.8) is 0 Å². The number of hydrogen-bond acceptors (Lipinski definition) is 8. The van der Waals surface area contributed by atoms with E-state index in [0.29, 0.717) is 22.7 Å². The number of pyridine rings is 1. The minimum Gasteiger partial charge on any atom is -0.477 e. The molecule has 1 aromatic carbocycles. The Hall–Kier alpha value is -4.06. The molecule has 4 saturated carbocycles. The number of rotatable bonds is 8. The SMILES string of the molecule is O=C(O)c1cc(-c2nc(C34CCC(OCc5c(-c6ccccc6C(F)(F)F)noc5C5CC5)(CC3)CC4)no2)ccn1. The van der Waals surface area contributed by atoms with Gasteiger partial charge in [0.1, 0.15) is 17.1 Å². The first kappa shape index (κ1) is 26.8. The molecule has 0 spiro atoms. The van der Waals surface area contributed by atoms with E-state index in [1.54, 1.807) is 12.1 Å². The Morgan fingerprint density at radius 3 is 2.45 bits per heavy atom. The fourth-order valence-electron chi connectivity index (χ4n) is 6.44. The number of nitrogens with zero attached hydrogens (tertiary/aromatic N) is 4. The van der Waals surface area contributed by atoms with E-state index in [1.165, 1.54) is 24.4 Å². The van der Waals surface area contributed by atoms with Gasteiger partial charge < -0.3 is 18.9 Å². The molecule has 0 atom stereocenters. The van der Waals surface area contributed by atoms with Crippen molar-refractivity contribution in [1.82, 2.24) is 20.3 Å². The number of carboxylic acids is 1. The van der Waals surface area contributed by atoms with Gasteiger partial charge in [-0.15, -0.1) is 0 Å². The van der Waals surface area contributed by atoms with Gasteiger partial charge in [0.2, 0.25) is 0 Å². The number of carbonyl (C=O) groups is 1. The van der Waals surface area contributed by atoms with Crippen LogP contribution in [0, 0.1) is 0 Å². The molecule has 12 heteroatoms. The Balaban J connectivity index is 1.09. The van der Waals surface area contributed by atoms with E-state index in [-0.39, 0.29) is 40.8 Å². The predicted molar refractivity (Wildman–Crippen MR) is 140 cm³/mol. The lowest BCUT2D eigenvalue weighted by atomic mass is 9.58. The second-order valence-corrected chi connectivity index (χ2v) is 11.6. The number of carboxylic acid groups (broad SMARTS) is 1. The van der Waals surface area contributed by atoms with Crippen molar-refractivity contribution in [1.29, 1.82) is 0 Å². The maximum atomic E-state index is 13.8. The zero-order chi connectivity index (χ0) is 29.1. The molecule has 8 rings (SSSR count). The van der Waals surface area contributed by atoms with Gasteiger partial charge in [-0.3, -0.25) is 0 Å². The van der Waals surface area contributed by atoms with Crippen LogP contribution >= 0.6 is 0 Å². The Morgan fingerprint density at radius 2 is 1.76 bits per heavy atom. The zero-order valence-electron chi connectivity index (χ0n) is 22.5. The fourth-order valence-corrected chi connectivity index (χ4v) is 6.44. The lowest BCUT2D eigenvalue weighted by molar-refractivity contribution is -0.137. The van der Waals surface area contributed by atoms with Crippen molar-refractivity contribution < 1.29 is 36.9 Å². The Morgan fingerprint density at radius 1 is 1.02 bits per heavy atom. The summed E-state index contributed by atoms with van der Waals surface area (Å²) in [5.41, 5.74) is -0.241. The normalized spacial score (nSPS) is 23.8. The second-order valence-electron chi connectivity index (χ2n) is 11.6. The third kappa shape index (κ3) is 4.67. The van der Waals surface area contributed by atoms with Crippen LogP contribution < -0.4 is 0 Å². The number of aromatic nitrogens is 4. The maximum absolute atomic E-state index is 13.8. The zero-order valence-corrected chi connectivity index (χ0v) is 22.5. The summed E-state index contributed by atoms with van der Waals surface area (Å²) in [4.78, 5) is 19.8. The molecule has 2 bridgehead atoms. The van der Waals surface area contributed by atoms with Crippen LogP contribution in [0.4, 0.5) is 13.2 Å². The summed E-state index contributed by atoms with van der Waals surface area (Å²) in [5.74, 6) is 0.486. The molecule has 4 aromatic rings. The Bertz CT molecular complexity index is 1630. The number of benzene rings is 1. The summed E-state index contributed by atoms with van der Waals surface area (Å²) in [6.07, 6.45) is 3.25. The van der Waals surface area contributed by atoms with E-state index in [2.05, 4.69) is 20.3 Å². The van der Waals surface area contributed by atoms with Crippen molar-refractivity contribution in [2.45, 2.75) is 81.1 Å². The summed E-state index contributed by atoms with van der Waals surface area (Å²) in [7, 11) is 0. The van der Waals surface area contributed by atoms with Gasteiger partial charge in [-0.2, -0.15) is 18.2 Å².